The number of benzene rings is 1. The molecule has 0 unspecified atom stereocenters. The maximum Gasteiger partial charge on any atom is 0.162 e. The first-order valence-corrected chi connectivity index (χ1v) is 4.68. The van der Waals surface area contributed by atoms with Gasteiger partial charge in [-0.15, -0.1) is 0 Å². The molecule has 1 aliphatic heterocycles. The summed E-state index contributed by atoms with van der Waals surface area (Å²) in [6.45, 7) is 4.08. The van der Waals surface area contributed by atoms with Gasteiger partial charge in [-0.05, 0) is 31.6 Å². The molecule has 0 aromatic heterocycles. The van der Waals surface area contributed by atoms with Crippen molar-refractivity contribution in [2.45, 2.75) is 13.8 Å². The molecule has 0 saturated heterocycles. The van der Waals surface area contributed by atoms with Crippen LogP contribution in [0.15, 0.2) is 42.1 Å². The Morgan fingerprint density at radius 3 is 2.86 bits per heavy atom. The molecule has 0 aliphatic carbocycles. The second kappa shape index (κ2) is 3.58. The molecule has 1 heterocycles. The fourth-order valence-corrected chi connectivity index (χ4v) is 1.52. The summed E-state index contributed by atoms with van der Waals surface area (Å²) in [4.78, 5) is 5.40. The molecular weight excluding hydrogens is 174 g/mol. The molecule has 1 aliphatic rings. The summed E-state index contributed by atoms with van der Waals surface area (Å²) < 4.78 is 0. The van der Waals surface area contributed by atoms with Crippen LogP contribution in [0.2, 0.25) is 0 Å². The fourth-order valence-electron chi connectivity index (χ4n) is 1.52. The van der Waals surface area contributed by atoms with Crippen LogP contribution in [0.25, 0.3) is 5.57 Å². The molecule has 0 amide bonds. The molecule has 0 radical (unpaired) electrons. The first kappa shape index (κ1) is 8.88. The number of allylic oxidation sites excluding steroid dienone is 3. The number of nitrogens with one attached hydrogen (secondary N) is 1. The minimum absolute atomic E-state index is 0.887. The molecule has 0 atom stereocenters. The Kier molecular flexibility index (Phi) is 2.27. The van der Waals surface area contributed by atoms with Crippen LogP contribution in [0.5, 0.6) is 5.75 Å². The molecule has 1 aromatic rings. The summed E-state index contributed by atoms with van der Waals surface area (Å²) in [5.74, 6) is 0.887. The number of hydrogen-bond donors (Lipinski definition) is 1. The van der Waals surface area contributed by atoms with Crippen LogP contribution < -0.4 is 10.3 Å². The van der Waals surface area contributed by atoms with Crippen LogP contribution in [0.3, 0.4) is 0 Å². The maximum absolute atomic E-state index is 5.40. The standard InChI is InChI=1S/C12H13NO/c1-3-6-11-9(2)10-7-4-5-8-12(10)14-13-11/h3-8,13H,1-2H3. The van der Waals surface area contributed by atoms with E-state index in [2.05, 4.69) is 18.5 Å². The lowest BCUT2D eigenvalue weighted by atomic mass is 10.0. The van der Waals surface area contributed by atoms with Gasteiger partial charge < -0.3 is 4.84 Å². The lowest BCUT2D eigenvalue weighted by molar-refractivity contribution is 0.228. The Labute approximate surface area is 83.9 Å². The smallest absolute Gasteiger partial charge is 0.162 e. The zero-order valence-corrected chi connectivity index (χ0v) is 8.37. The van der Waals surface area contributed by atoms with Crippen LogP contribution >= 0.6 is 0 Å². The average Bonchev–Trinajstić information content (AvgIpc) is 2.23. The van der Waals surface area contributed by atoms with Crippen molar-refractivity contribution in [3.05, 3.63) is 47.7 Å². The van der Waals surface area contributed by atoms with Crippen molar-refractivity contribution in [3.63, 3.8) is 0 Å². The third-order valence-corrected chi connectivity index (χ3v) is 2.30. The van der Waals surface area contributed by atoms with Crippen molar-refractivity contribution in [1.82, 2.24) is 5.48 Å². The van der Waals surface area contributed by atoms with Gasteiger partial charge in [-0.25, -0.2) is 5.48 Å². The van der Waals surface area contributed by atoms with Gasteiger partial charge in [0.1, 0.15) is 0 Å². The quantitative estimate of drug-likeness (QED) is 0.730. The van der Waals surface area contributed by atoms with E-state index in [1.54, 1.807) is 0 Å². The Balaban J connectivity index is 2.51. The fraction of sp³-hybridized carbons (Fsp3) is 0.167. The number of hydroxylamine groups is 1. The van der Waals surface area contributed by atoms with Crippen LogP contribution in [0, 0.1) is 0 Å². The Morgan fingerprint density at radius 2 is 2.07 bits per heavy atom. The molecule has 72 valence electrons. The molecule has 0 bridgehead atoms. The minimum Gasteiger partial charge on any atom is -0.382 e. The molecule has 1 N–H and O–H groups in total. The van der Waals surface area contributed by atoms with E-state index in [1.807, 2.05) is 37.3 Å². The zero-order chi connectivity index (χ0) is 9.97. The highest BCUT2D eigenvalue weighted by molar-refractivity contribution is 5.74. The first-order chi connectivity index (χ1) is 6.83. The van der Waals surface area contributed by atoms with Crippen LogP contribution in [0.1, 0.15) is 19.4 Å². The van der Waals surface area contributed by atoms with Crippen LogP contribution in [-0.2, 0) is 0 Å². The van der Waals surface area contributed by atoms with Gasteiger partial charge in [0, 0.05) is 5.56 Å². The largest absolute Gasteiger partial charge is 0.382 e. The minimum atomic E-state index is 0.887. The number of para-hydroxylation sites is 1. The van der Waals surface area contributed by atoms with Gasteiger partial charge in [0.05, 0.1) is 5.70 Å². The molecule has 2 rings (SSSR count). The topological polar surface area (TPSA) is 21.3 Å². The van der Waals surface area contributed by atoms with Gasteiger partial charge >= 0.3 is 0 Å². The van der Waals surface area contributed by atoms with E-state index in [-0.39, 0.29) is 0 Å². The second-order valence-corrected chi connectivity index (χ2v) is 3.24. The summed E-state index contributed by atoms with van der Waals surface area (Å²) in [6, 6.07) is 8.01. The lowest BCUT2D eigenvalue weighted by Gasteiger charge is -2.20. The molecule has 1 aromatic carbocycles. The molecule has 0 saturated carbocycles. The van der Waals surface area contributed by atoms with Crippen LogP contribution in [-0.4, -0.2) is 0 Å². The van der Waals surface area contributed by atoms with Gasteiger partial charge in [0.15, 0.2) is 5.75 Å². The van der Waals surface area contributed by atoms with E-state index in [0.717, 1.165) is 17.0 Å². The number of rotatable bonds is 1. The van der Waals surface area contributed by atoms with E-state index < -0.39 is 0 Å². The van der Waals surface area contributed by atoms with Crippen molar-refractivity contribution < 1.29 is 4.84 Å². The number of fused-ring (bicyclic) bond motifs is 1. The second-order valence-electron chi connectivity index (χ2n) is 3.24. The predicted octanol–water partition coefficient (Wildman–Crippen LogP) is 2.89. The summed E-state index contributed by atoms with van der Waals surface area (Å²) in [5.41, 5.74) is 6.30. The summed E-state index contributed by atoms with van der Waals surface area (Å²) in [5, 5.41) is 0. The van der Waals surface area contributed by atoms with Gasteiger partial charge in [-0.2, -0.15) is 0 Å². The molecule has 2 nitrogen and oxygen atoms in total. The Morgan fingerprint density at radius 1 is 1.29 bits per heavy atom. The molecule has 0 fully saturated rings. The first-order valence-electron chi connectivity index (χ1n) is 4.68. The third-order valence-electron chi connectivity index (χ3n) is 2.30. The van der Waals surface area contributed by atoms with Gasteiger partial charge in [0.25, 0.3) is 0 Å². The van der Waals surface area contributed by atoms with Crippen molar-refractivity contribution in [2.24, 2.45) is 0 Å². The summed E-state index contributed by atoms with van der Waals surface area (Å²) in [6.07, 6.45) is 3.99. The van der Waals surface area contributed by atoms with E-state index in [4.69, 9.17) is 4.84 Å². The van der Waals surface area contributed by atoms with Crippen molar-refractivity contribution in [3.8, 4) is 5.75 Å². The molecule has 0 spiro atoms. The Hall–Kier alpha value is -1.70. The van der Waals surface area contributed by atoms with Crippen molar-refractivity contribution in [1.29, 1.82) is 0 Å². The van der Waals surface area contributed by atoms with E-state index in [0.29, 0.717) is 0 Å². The SMILES string of the molecule is CC=CC1=C(C)c2ccccc2ON1. The van der Waals surface area contributed by atoms with E-state index >= 15 is 0 Å². The monoisotopic (exact) mass is 187 g/mol. The van der Waals surface area contributed by atoms with Crippen molar-refractivity contribution in [2.75, 3.05) is 0 Å². The molecule has 2 heteroatoms. The third kappa shape index (κ3) is 1.39. The Bertz CT molecular complexity index is 405. The van der Waals surface area contributed by atoms with Crippen LogP contribution in [0.4, 0.5) is 0 Å². The zero-order valence-electron chi connectivity index (χ0n) is 8.37. The average molecular weight is 187 g/mol. The normalized spacial score (nSPS) is 15.0. The van der Waals surface area contributed by atoms with Gasteiger partial charge in [-0.3, -0.25) is 0 Å². The van der Waals surface area contributed by atoms with Gasteiger partial charge in [-0.1, -0.05) is 24.3 Å². The van der Waals surface area contributed by atoms with Crippen molar-refractivity contribution >= 4 is 5.57 Å². The predicted molar refractivity (Wildman–Crippen MR) is 57.6 cm³/mol. The highest BCUT2D eigenvalue weighted by Crippen LogP contribution is 2.30. The highest BCUT2D eigenvalue weighted by atomic mass is 16.6. The van der Waals surface area contributed by atoms with E-state index in [9.17, 15) is 0 Å². The highest BCUT2D eigenvalue weighted by Gasteiger charge is 2.13. The molecule has 14 heavy (non-hydrogen) atoms. The van der Waals surface area contributed by atoms with E-state index in [1.165, 1.54) is 5.57 Å². The lowest BCUT2D eigenvalue weighted by Crippen LogP contribution is -2.22. The molecular formula is C12H13NO. The summed E-state index contributed by atoms with van der Waals surface area (Å²) in [7, 11) is 0. The number of hydrogen-bond acceptors (Lipinski definition) is 2. The maximum atomic E-state index is 5.40. The van der Waals surface area contributed by atoms with Gasteiger partial charge in [0.2, 0.25) is 0 Å². The summed E-state index contributed by atoms with van der Waals surface area (Å²) >= 11 is 0.